The maximum atomic E-state index is 5.01. The van der Waals surface area contributed by atoms with Gasteiger partial charge in [-0.1, -0.05) is 0 Å². The average Bonchev–Trinajstić information content (AvgIpc) is 2.87. The van der Waals surface area contributed by atoms with Gasteiger partial charge in [-0.15, -0.1) is 0 Å². The van der Waals surface area contributed by atoms with E-state index < -0.39 is 0 Å². The zero-order valence-electron chi connectivity index (χ0n) is 9.05. The third kappa shape index (κ3) is 2.44. The zero-order valence-corrected chi connectivity index (χ0v) is 9.87. The molecule has 82 valence electrons. The van der Waals surface area contributed by atoms with E-state index in [4.69, 9.17) is 4.74 Å². The van der Waals surface area contributed by atoms with Crippen LogP contribution >= 0.6 is 11.8 Å². The average molecular weight is 215 g/mol. The Morgan fingerprint density at radius 2 is 2.50 bits per heavy atom. The quantitative estimate of drug-likeness (QED) is 0.706. The van der Waals surface area contributed by atoms with Crippen LogP contribution in [-0.2, 0) is 4.74 Å². The minimum absolute atomic E-state index is 0.753. The first kappa shape index (κ1) is 10.8. The van der Waals surface area contributed by atoms with Crippen molar-refractivity contribution < 1.29 is 4.74 Å². The van der Waals surface area contributed by atoms with Crippen molar-refractivity contribution in [3.8, 4) is 0 Å². The highest BCUT2D eigenvalue weighted by molar-refractivity contribution is 7.99. The summed E-state index contributed by atoms with van der Waals surface area (Å²) in [6, 6.07) is 0. The molecule has 2 atom stereocenters. The Morgan fingerprint density at radius 1 is 1.57 bits per heavy atom. The topological polar surface area (TPSA) is 21.3 Å². The number of hydrogen-bond acceptors (Lipinski definition) is 3. The summed E-state index contributed by atoms with van der Waals surface area (Å²) in [5, 5.41) is 3.49. The lowest BCUT2D eigenvalue weighted by Gasteiger charge is -2.22. The molecule has 0 amide bonds. The molecule has 1 aliphatic heterocycles. The highest BCUT2D eigenvalue weighted by Gasteiger charge is 2.53. The molecular weight excluding hydrogens is 194 g/mol. The molecule has 0 bridgehead atoms. The van der Waals surface area contributed by atoms with E-state index in [1.807, 2.05) is 0 Å². The van der Waals surface area contributed by atoms with Crippen LogP contribution in [0.4, 0.5) is 0 Å². The lowest BCUT2D eigenvalue weighted by atomic mass is 9.99. The van der Waals surface area contributed by atoms with Crippen molar-refractivity contribution >= 4 is 11.8 Å². The molecule has 14 heavy (non-hydrogen) atoms. The fourth-order valence-corrected chi connectivity index (χ4v) is 3.93. The molecule has 1 saturated carbocycles. The molecule has 0 aromatic rings. The smallest absolute Gasteiger partial charge is 0.0587 e. The van der Waals surface area contributed by atoms with Crippen LogP contribution in [0.2, 0.25) is 0 Å². The van der Waals surface area contributed by atoms with Crippen molar-refractivity contribution in [1.82, 2.24) is 5.32 Å². The molecule has 0 aromatic heterocycles. The van der Waals surface area contributed by atoms with E-state index in [1.165, 1.54) is 37.3 Å². The van der Waals surface area contributed by atoms with Crippen LogP contribution in [0.3, 0.4) is 0 Å². The molecule has 3 heteroatoms. The summed E-state index contributed by atoms with van der Waals surface area (Å²) >= 11 is 2.16. The van der Waals surface area contributed by atoms with Gasteiger partial charge in [-0.25, -0.2) is 0 Å². The van der Waals surface area contributed by atoms with Gasteiger partial charge in [-0.05, 0) is 48.6 Å². The highest BCUT2D eigenvalue weighted by Crippen LogP contribution is 2.59. The van der Waals surface area contributed by atoms with Crippen molar-refractivity contribution in [1.29, 1.82) is 0 Å². The molecule has 1 N–H and O–H groups in total. The molecule has 2 aliphatic rings. The Hall–Kier alpha value is 0.270. The van der Waals surface area contributed by atoms with Gasteiger partial charge in [0.05, 0.1) is 6.61 Å². The van der Waals surface area contributed by atoms with Gasteiger partial charge in [-0.3, -0.25) is 0 Å². The second kappa shape index (κ2) is 4.86. The molecule has 1 saturated heterocycles. The van der Waals surface area contributed by atoms with E-state index in [2.05, 4.69) is 17.1 Å². The molecule has 1 heterocycles. The number of thioether (sulfide) groups is 1. The van der Waals surface area contributed by atoms with Crippen molar-refractivity contribution in [2.45, 2.75) is 19.3 Å². The van der Waals surface area contributed by atoms with Crippen LogP contribution in [0.5, 0.6) is 0 Å². The molecule has 2 fully saturated rings. The Morgan fingerprint density at radius 3 is 3.21 bits per heavy atom. The Balaban J connectivity index is 1.60. The Labute approximate surface area is 91.2 Å². The van der Waals surface area contributed by atoms with Crippen LogP contribution in [0, 0.1) is 11.3 Å². The van der Waals surface area contributed by atoms with Crippen molar-refractivity contribution in [2.24, 2.45) is 11.3 Å². The zero-order chi connectivity index (χ0) is 9.86. The Bertz CT molecular complexity index is 180. The van der Waals surface area contributed by atoms with Gasteiger partial charge in [0.15, 0.2) is 0 Å². The van der Waals surface area contributed by atoms with Crippen molar-refractivity contribution in [2.75, 3.05) is 38.3 Å². The monoisotopic (exact) mass is 215 g/mol. The number of ether oxygens (including phenoxy) is 1. The fraction of sp³-hybridized carbons (Fsp3) is 1.00. The molecule has 2 unspecified atom stereocenters. The summed E-state index contributed by atoms with van der Waals surface area (Å²) in [7, 11) is 1.76. The van der Waals surface area contributed by atoms with E-state index >= 15 is 0 Å². The molecule has 2 rings (SSSR count). The second-order valence-corrected chi connectivity index (χ2v) is 5.72. The van der Waals surface area contributed by atoms with Gasteiger partial charge < -0.3 is 10.1 Å². The first-order valence-corrected chi connectivity index (χ1v) is 6.80. The predicted octanol–water partition coefficient (Wildman–Crippen LogP) is 1.76. The summed E-state index contributed by atoms with van der Waals surface area (Å²) in [5.74, 6) is 3.78. The van der Waals surface area contributed by atoms with E-state index in [0.717, 1.165) is 24.5 Å². The minimum atomic E-state index is 0.753. The summed E-state index contributed by atoms with van der Waals surface area (Å²) in [4.78, 5) is 0. The lowest BCUT2D eigenvalue weighted by Crippen LogP contribution is -2.25. The van der Waals surface area contributed by atoms with Crippen molar-refractivity contribution in [3.63, 3.8) is 0 Å². The van der Waals surface area contributed by atoms with Crippen LogP contribution in [0.25, 0.3) is 0 Å². The van der Waals surface area contributed by atoms with Crippen LogP contribution in [0.15, 0.2) is 0 Å². The standard InChI is InChI=1S/C11H21NOS/c1-13-5-4-12-8-10-7-11(10)3-2-6-14-9-11/h10,12H,2-9H2,1H3. The number of methoxy groups -OCH3 is 1. The third-order valence-electron chi connectivity index (χ3n) is 3.59. The first-order valence-electron chi connectivity index (χ1n) is 5.65. The fourth-order valence-electron chi connectivity index (χ4n) is 2.53. The normalized spacial score (nSPS) is 36.2. The molecule has 2 nitrogen and oxygen atoms in total. The molecule has 1 aliphatic carbocycles. The molecule has 0 radical (unpaired) electrons. The summed E-state index contributed by atoms with van der Waals surface area (Å²) < 4.78 is 5.01. The van der Waals surface area contributed by atoms with Crippen molar-refractivity contribution in [3.05, 3.63) is 0 Å². The Kier molecular flexibility index (Phi) is 3.74. The van der Waals surface area contributed by atoms with E-state index in [9.17, 15) is 0 Å². The van der Waals surface area contributed by atoms with Gasteiger partial charge in [0.2, 0.25) is 0 Å². The minimum Gasteiger partial charge on any atom is -0.383 e. The largest absolute Gasteiger partial charge is 0.383 e. The lowest BCUT2D eigenvalue weighted by molar-refractivity contribution is 0.198. The van der Waals surface area contributed by atoms with Gasteiger partial charge in [0.1, 0.15) is 0 Å². The van der Waals surface area contributed by atoms with Crippen LogP contribution in [0.1, 0.15) is 19.3 Å². The van der Waals surface area contributed by atoms with Gasteiger partial charge in [-0.2, -0.15) is 11.8 Å². The highest BCUT2D eigenvalue weighted by atomic mass is 32.2. The van der Waals surface area contributed by atoms with Gasteiger partial charge >= 0.3 is 0 Å². The predicted molar refractivity (Wildman–Crippen MR) is 61.8 cm³/mol. The van der Waals surface area contributed by atoms with E-state index in [0.29, 0.717) is 0 Å². The first-order chi connectivity index (χ1) is 6.87. The molecule has 1 spiro atoms. The number of rotatable bonds is 5. The molecular formula is C11H21NOS. The summed E-state index contributed by atoms with van der Waals surface area (Å²) in [6.45, 7) is 3.06. The maximum absolute atomic E-state index is 5.01. The van der Waals surface area contributed by atoms with Gasteiger partial charge in [0.25, 0.3) is 0 Å². The van der Waals surface area contributed by atoms with Crippen LogP contribution < -0.4 is 5.32 Å². The van der Waals surface area contributed by atoms with E-state index in [1.54, 1.807) is 7.11 Å². The third-order valence-corrected chi connectivity index (χ3v) is 4.94. The summed E-state index contributed by atoms with van der Waals surface area (Å²) in [6.07, 6.45) is 4.40. The number of nitrogens with one attached hydrogen (secondary N) is 1. The maximum Gasteiger partial charge on any atom is 0.0587 e. The van der Waals surface area contributed by atoms with E-state index in [-0.39, 0.29) is 0 Å². The summed E-state index contributed by atoms with van der Waals surface area (Å²) in [5.41, 5.74) is 0.753. The molecule has 0 aromatic carbocycles. The second-order valence-electron chi connectivity index (χ2n) is 4.62. The van der Waals surface area contributed by atoms with Crippen LogP contribution in [-0.4, -0.2) is 38.3 Å². The number of hydrogen-bond donors (Lipinski definition) is 1. The van der Waals surface area contributed by atoms with Gasteiger partial charge in [0, 0.05) is 13.7 Å². The SMILES string of the molecule is COCCNCC1CC12CCCSC2.